The first-order valence-electron chi connectivity index (χ1n) is 8.54. The van der Waals surface area contributed by atoms with Gasteiger partial charge in [-0.05, 0) is 19.8 Å². The first kappa shape index (κ1) is 18.6. The number of aromatic nitrogens is 4. The van der Waals surface area contributed by atoms with Crippen LogP contribution in [0.2, 0.25) is 0 Å². The molecule has 0 radical (unpaired) electrons. The number of carbonyl (C=O) groups excluding carboxylic acids is 1. The number of thioether (sulfide) groups is 1. The number of hydrogen-bond donors (Lipinski definition) is 0. The van der Waals surface area contributed by atoms with Crippen LogP contribution in [0.5, 0.6) is 0 Å². The minimum atomic E-state index is -0.452. The van der Waals surface area contributed by atoms with Crippen molar-refractivity contribution in [3.63, 3.8) is 0 Å². The Kier molecular flexibility index (Phi) is 4.92. The van der Waals surface area contributed by atoms with E-state index < -0.39 is 16.5 Å². The molecule has 0 saturated carbocycles. The zero-order valence-corrected chi connectivity index (χ0v) is 16.3. The van der Waals surface area contributed by atoms with E-state index in [1.165, 1.54) is 23.4 Å². The second-order valence-corrected chi connectivity index (χ2v) is 8.21. The van der Waals surface area contributed by atoms with Gasteiger partial charge in [-0.2, -0.15) is 0 Å². The van der Waals surface area contributed by atoms with Gasteiger partial charge in [-0.3, -0.25) is 18.7 Å². The van der Waals surface area contributed by atoms with E-state index in [-0.39, 0.29) is 23.4 Å². The standard InChI is InChI=1S/C17H22N4O4S/c1-8(2)7-21-13-12(15(22)20(5)17(21)24)14(19-10(4)18-13)26-11-6-9(3)25-16(11)23/h8-9,11H,6-7H2,1-5H3/t9-,11+/m1/s1. The van der Waals surface area contributed by atoms with E-state index in [9.17, 15) is 14.4 Å². The van der Waals surface area contributed by atoms with Gasteiger partial charge in [0.2, 0.25) is 0 Å². The summed E-state index contributed by atoms with van der Waals surface area (Å²) < 4.78 is 7.78. The minimum Gasteiger partial charge on any atom is -0.462 e. The monoisotopic (exact) mass is 378 g/mol. The molecular weight excluding hydrogens is 356 g/mol. The highest BCUT2D eigenvalue weighted by molar-refractivity contribution is 8.00. The zero-order chi connectivity index (χ0) is 19.2. The lowest BCUT2D eigenvalue weighted by Gasteiger charge is -2.15. The molecule has 8 nitrogen and oxygen atoms in total. The van der Waals surface area contributed by atoms with Crippen molar-refractivity contribution in [1.82, 2.24) is 19.1 Å². The molecule has 0 unspecified atom stereocenters. The Bertz CT molecular complexity index is 995. The molecule has 0 amide bonds. The van der Waals surface area contributed by atoms with Gasteiger partial charge in [0.15, 0.2) is 5.65 Å². The number of carbonyl (C=O) groups is 1. The van der Waals surface area contributed by atoms with Crippen molar-refractivity contribution in [3.8, 4) is 0 Å². The predicted molar refractivity (Wildman–Crippen MR) is 98.4 cm³/mol. The lowest BCUT2D eigenvalue weighted by atomic mass is 10.2. The maximum atomic E-state index is 12.8. The molecule has 26 heavy (non-hydrogen) atoms. The summed E-state index contributed by atoms with van der Waals surface area (Å²) in [5, 5.41) is 0.273. The Balaban J connectivity index is 2.24. The maximum absolute atomic E-state index is 12.8. The van der Waals surface area contributed by atoms with Gasteiger partial charge in [0.05, 0.1) is 0 Å². The lowest BCUT2D eigenvalue weighted by Crippen LogP contribution is -2.39. The highest BCUT2D eigenvalue weighted by atomic mass is 32.2. The second-order valence-electron chi connectivity index (χ2n) is 7.02. The molecule has 9 heteroatoms. The number of nitrogens with zero attached hydrogens (tertiary/aromatic N) is 4. The molecule has 0 aliphatic carbocycles. The third kappa shape index (κ3) is 3.27. The van der Waals surface area contributed by atoms with Crippen molar-refractivity contribution in [2.24, 2.45) is 13.0 Å². The Morgan fingerprint density at radius 3 is 2.54 bits per heavy atom. The summed E-state index contributed by atoms with van der Waals surface area (Å²) in [5.74, 6) is 0.342. The van der Waals surface area contributed by atoms with E-state index in [2.05, 4.69) is 9.97 Å². The molecule has 0 aromatic carbocycles. The number of aryl methyl sites for hydroxylation is 1. The molecular formula is C17H22N4O4S. The van der Waals surface area contributed by atoms with Crippen molar-refractivity contribution in [3.05, 3.63) is 26.7 Å². The number of fused-ring (bicyclic) bond motifs is 1. The lowest BCUT2D eigenvalue weighted by molar-refractivity contribution is -0.140. The van der Waals surface area contributed by atoms with Gasteiger partial charge in [0, 0.05) is 20.0 Å². The van der Waals surface area contributed by atoms with Crippen LogP contribution in [0, 0.1) is 12.8 Å². The summed E-state index contributed by atoms with van der Waals surface area (Å²) in [4.78, 5) is 46.1. The van der Waals surface area contributed by atoms with Crippen molar-refractivity contribution in [2.75, 3.05) is 0 Å². The van der Waals surface area contributed by atoms with Crippen LogP contribution in [-0.4, -0.2) is 36.4 Å². The summed E-state index contributed by atoms with van der Waals surface area (Å²) >= 11 is 1.21. The van der Waals surface area contributed by atoms with Gasteiger partial charge in [0.1, 0.15) is 27.6 Å². The highest BCUT2D eigenvalue weighted by Crippen LogP contribution is 2.33. The third-order valence-electron chi connectivity index (χ3n) is 4.19. The minimum absolute atomic E-state index is 0.156. The summed E-state index contributed by atoms with van der Waals surface area (Å²) in [6, 6.07) is 0. The van der Waals surface area contributed by atoms with Crippen LogP contribution in [0.25, 0.3) is 11.0 Å². The first-order chi connectivity index (χ1) is 12.2. The summed E-state index contributed by atoms with van der Waals surface area (Å²) in [5.41, 5.74) is -0.535. The summed E-state index contributed by atoms with van der Waals surface area (Å²) in [6.07, 6.45) is 0.399. The van der Waals surface area contributed by atoms with Crippen molar-refractivity contribution >= 4 is 28.8 Å². The topological polar surface area (TPSA) is 96.1 Å². The molecule has 0 spiro atoms. The van der Waals surface area contributed by atoms with Crippen molar-refractivity contribution < 1.29 is 9.53 Å². The molecule has 0 bridgehead atoms. The molecule has 2 aromatic rings. The number of hydrogen-bond acceptors (Lipinski definition) is 7. The normalized spacial score (nSPS) is 20.2. The molecule has 1 saturated heterocycles. The fourth-order valence-corrected chi connectivity index (χ4v) is 4.28. The van der Waals surface area contributed by atoms with Crippen LogP contribution in [-0.2, 0) is 23.1 Å². The molecule has 2 atom stereocenters. The van der Waals surface area contributed by atoms with E-state index in [0.29, 0.717) is 29.5 Å². The Hall–Kier alpha value is -2.16. The summed E-state index contributed by atoms with van der Waals surface area (Å²) in [7, 11) is 1.45. The van der Waals surface area contributed by atoms with Crippen molar-refractivity contribution in [2.45, 2.75) is 57.0 Å². The predicted octanol–water partition coefficient (Wildman–Crippen LogP) is 1.25. The van der Waals surface area contributed by atoms with Crippen LogP contribution in [0.3, 0.4) is 0 Å². The van der Waals surface area contributed by atoms with Crippen LogP contribution in [0.15, 0.2) is 14.6 Å². The van der Waals surface area contributed by atoms with Crippen LogP contribution >= 0.6 is 11.8 Å². The number of ether oxygens (including phenoxy) is 1. The zero-order valence-electron chi connectivity index (χ0n) is 15.5. The second kappa shape index (κ2) is 6.86. The molecule has 2 aromatic heterocycles. The van der Waals surface area contributed by atoms with Gasteiger partial charge in [-0.15, -0.1) is 0 Å². The molecule has 1 fully saturated rings. The Morgan fingerprint density at radius 1 is 1.27 bits per heavy atom. The molecule has 1 aliphatic rings. The van der Waals surface area contributed by atoms with Gasteiger partial charge in [-0.25, -0.2) is 14.8 Å². The fourth-order valence-electron chi connectivity index (χ4n) is 3.01. The molecule has 3 heterocycles. The average Bonchev–Trinajstić information content (AvgIpc) is 2.86. The Morgan fingerprint density at radius 2 is 1.96 bits per heavy atom. The van der Waals surface area contributed by atoms with E-state index in [1.807, 2.05) is 20.8 Å². The van der Waals surface area contributed by atoms with E-state index in [4.69, 9.17) is 4.74 Å². The first-order valence-corrected chi connectivity index (χ1v) is 9.42. The third-order valence-corrected chi connectivity index (χ3v) is 5.38. The SMILES string of the molecule is Cc1nc(S[C@H]2C[C@@H](C)OC2=O)c2c(=O)n(C)c(=O)n(CC(C)C)c2n1. The van der Waals surface area contributed by atoms with Crippen molar-refractivity contribution in [1.29, 1.82) is 0 Å². The summed E-state index contributed by atoms with van der Waals surface area (Å²) in [6.45, 7) is 7.96. The van der Waals surface area contributed by atoms with E-state index in [0.717, 1.165) is 4.57 Å². The number of esters is 1. The smallest absolute Gasteiger partial charge is 0.332 e. The van der Waals surface area contributed by atoms with E-state index >= 15 is 0 Å². The molecule has 3 rings (SSSR count). The van der Waals surface area contributed by atoms with Gasteiger partial charge >= 0.3 is 11.7 Å². The highest BCUT2D eigenvalue weighted by Gasteiger charge is 2.34. The van der Waals surface area contributed by atoms with Gasteiger partial charge in [-0.1, -0.05) is 25.6 Å². The van der Waals surface area contributed by atoms with E-state index in [1.54, 1.807) is 6.92 Å². The van der Waals surface area contributed by atoms with Crippen LogP contribution in [0.4, 0.5) is 0 Å². The molecule has 0 N–H and O–H groups in total. The average molecular weight is 378 g/mol. The van der Waals surface area contributed by atoms with Gasteiger partial charge < -0.3 is 4.74 Å². The quantitative estimate of drug-likeness (QED) is 0.583. The molecule has 1 aliphatic heterocycles. The van der Waals surface area contributed by atoms with Crippen LogP contribution < -0.4 is 11.2 Å². The fraction of sp³-hybridized carbons (Fsp3) is 0.588. The maximum Gasteiger partial charge on any atom is 0.332 e. The Labute approximate surface area is 154 Å². The van der Waals surface area contributed by atoms with Gasteiger partial charge in [0.25, 0.3) is 5.56 Å². The number of cyclic esters (lactones) is 1. The van der Waals surface area contributed by atoms with Crippen LogP contribution in [0.1, 0.15) is 33.0 Å². The number of rotatable bonds is 4. The largest absolute Gasteiger partial charge is 0.462 e. The molecule has 140 valence electrons.